The second-order valence-corrected chi connectivity index (χ2v) is 9.79. The minimum absolute atomic E-state index is 0.457. The Kier molecular flexibility index (Phi) is 5.25. The van der Waals surface area contributed by atoms with Crippen molar-refractivity contribution in [3.8, 4) is 17.4 Å². The molecule has 0 aliphatic carbocycles. The maximum Gasteiger partial charge on any atom is 0.224 e. The van der Waals surface area contributed by atoms with Crippen LogP contribution >= 0.6 is 0 Å². The Morgan fingerprint density at radius 2 is 1.87 bits per heavy atom. The number of nitrogens with one attached hydrogen (secondary N) is 1. The molecule has 5 heterocycles. The molecule has 1 N–H and O–H groups in total. The average Bonchev–Trinajstić information content (AvgIpc) is 3.53. The first kappa shape index (κ1) is 22.7. The minimum Gasteiger partial charge on any atom is -0.495 e. The van der Waals surface area contributed by atoms with Crippen molar-refractivity contribution >= 4 is 33.7 Å². The number of fused-ring (bicyclic) bond motifs is 3. The van der Waals surface area contributed by atoms with Crippen molar-refractivity contribution < 1.29 is 9.47 Å². The van der Waals surface area contributed by atoms with E-state index in [1.54, 1.807) is 30.3 Å². The van der Waals surface area contributed by atoms with Crippen LogP contribution in [0.4, 0.5) is 17.2 Å². The first-order valence-electron chi connectivity index (χ1n) is 12.6. The zero-order valence-corrected chi connectivity index (χ0v) is 21.4. The van der Waals surface area contributed by atoms with Gasteiger partial charge in [-0.05, 0) is 56.3 Å². The molecule has 192 valence electrons. The third kappa shape index (κ3) is 3.66. The fraction of sp³-hybridized carbons (Fsp3) is 0.296. The lowest BCUT2D eigenvalue weighted by Gasteiger charge is -2.45. The second-order valence-electron chi connectivity index (χ2n) is 9.79. The predicted molar refractivity (Wildman–Crippen MR) is 144 cm³/mol. The number of methoxy groups -OCH3 is 1. The molecule has 2 saturated heterocycles. The van der Waals surface area contributed by atoms with Gasteiger partial charge in [0.1, 0.15) is 36.3 Å². The number of ether oxygens (including phenoxy) is 2. The number of likely N-dealkylation sites (N-methyl/N-ethyl adjacent to an activating group) is 1. The Morgan fingerprint density at radius 1 is 0.974 bits per heavy atom. The van der Waals surface area contributed by atoms with Gasteiger partial charge in [0.2, 0.25) is 5.88 Å². The molecule has 0 spiro atoms. The summed E-state index contributed by atoms with van der Waals surface area (Å²) in [6.07, 6.45) is 5.80. The molecule has 0 saturated carbocycles. The molecule has 2 atom stereocenters. The number of nitrogens with zero attached hydrogens (tertiary/aromatic N) is 8. The highest BCUT2D eigenvalue weighted by atomic mass is 16.5. The van der Waals surface area contributed by atoms with Crippen LogP contribution in [0.1, 0.15) is 12.0 Å². The molecule has 11 heteroatoms. The Balaban J connectivity index is 1.22. The van der Waals surface area contributed by atoms with E-state index >= 15 is 0 Å². The Labute approximate surface area is 219 Å². The van der Waals surface area contributed by atoms with E-state index in [0.717, 1.165) is 58.9 Å². The zero-order valence-electron chi connectivity index (χ0n) is 21.4. The summed E-state index contributed by atoms with van der Waals surface area (Å²) in [6, 6.07) is 12.7. The maximum absolute atomic E-state index is 6.04. The molecule has 0 radical (unpaired) electrons. The predicted octanol–water partition coefficient (Wildman–Crippen LogP) is 3.81. The lowest BCUT2D eigenvalue weighted by molar-refractivity contribution is 0.116. The molecule has 2 aromatic carbocycles. The van der Waals surface area contributed by atoms with E-state index in [-0.39, 0.29) is 0 Å². The van der Waals surface area contributed by atoms with Gasteiger partial charge >= 0.3 is 0 Å². The van der Waals surface area contributed by atoms with Crippen LogP contribution in [0.25, 0.3) is 16.6 Å². The van der Waals surface area contributed by atoms with Gasteiger partial charge in [-0.3, -0.25) is 4.90 Å². The van der Waals surface area contributed by atoms with E-state index < -0.39 is 0 Å². The molecule has 5 aromatic rings. The number of hydrogen-bond donors (Lipinski definition) is 1. The van der Waals surface area contributed by atoms with Crippen molar-refractivity contribution in [2.24, 2.45) is 0 Å². The average molecular weight is 510 g/mol. The molecule has 3 aromatic heterocycles. The number of likely N-dealkylation sites (tertiary alicyclic amines) is 1. The normalized spacial score (nSPS) is 19.0. The number of rotatable bonds is 6. The number of aromatic nitrogens is 6. The molecular formula is C27H27N9O2. The van der Waals surface area contributed by atoms with Crippen molar-refractivity contribution in [3.05, 3.63) is 60.9 Å². The van der Waals surface area contributed by atoms with Crippen molar-refractivity contribution in [3.63, 3.8) is 0 Å². The Hall–Kier alpha value is -4.51. The minimum atomic E-state index is 0.457. The number of hydrogen-bond acceptors (Lipinski definition) is 10. The van der Waals surface area contributed by atoms with Crippen LogP contribution in [-0.4, -0.2) is 73.8 Å². The lowest BCUT2D eigenvalue weighted by Crippen LogP contribution is -2.60. The summed E-state index contributed by atoms with van der Waals surface area (Å²) in [5, 5.41) is 8.56. The molecule has 0 bridgehead atoms. The molecule has 2 unspecified atom stereocenters. The van der Waals surface area contributed by atoms with Crippen LogP contribution < -0.4 is 19.7 Å². The Bertz CT molecular complexity index is 1670. The highest BCUT2D eigenvalue weighted by Gasteiger charge is 2.46. The molecule has 38 heavy (non-hydrogen) atoms. The second kappa shape index (κ2) is 8.80. The fourth-order valence-corrected chi connectivity index (χ4v) is 5.66. The summed E-state index contributed by atoms with van der Waals surface area (Å²) in [7, 11) is 3.92. The van der Waals surface area contributed by atoms with Crippen LogP contribution in [0, 0.1) is 6.92 Å². The topological polar surface area (TPSA) is 106 Å². The first-order valence-corrected chi connectivity index (χ1v) is 12.6. The van der Waals surface area contributed by atoms with Gasteiger partial charge in [-0.1, -0.05) is 0 Å². The van der Waals surface area contributed by atoms with Crippen LogP contribution in [-0.2, 0) is 0 Å². The van der Waals surface area contributed by atoms with Crippen molar-refractivity contribution in [2.75, 3.05) is 37.5 Å². The summed E-state index contributed by atoms with van der Waals surface area (Å²) in [5.74, 6) is 2.74. The summed E-state index contributed by atoms with van der Waals surface area (Å²) in [6.45, 7) is 4.02. The van der Waals surface area contributed by atoms with Crippen LogP contribution in [0.2, 0.25) is 0 Å². The van der Waals surface area contributed by atoms with Gasteiger partial charge in [0.25, 0.3) is 0 Å². The van der Waals surface area contributed by atoms with Gasteiger partial charge in [0.15, 0.2) is 5.65 Å². The molecule has 7 rings (SSSR count). The third-order valence-corrected chi connectivity index (χ3v) is 7.60. The molecule has 0 amide bonds. The quantitative estimate of drug-likeness (QED) is 0.363. The van der Waals surface area contributed by atoms with E-state index in [1.165, 1.54) is 6.33 Å². The molecular weight excluding hydrogens is 482 g/mol. The van der Waals surface area contributed by atoms with Gasteiger partial charge in [-0.2, -0.15) is 5.10 Å². The number of benzene rings is 2. The van der Waals surface area contributed by atoms with Crippen molar-refractivity contribution in [1.29, 1.82) is 0 Å². The van der Waals surface area contributed by atoms with Crippen LogP contribution in [0.3, 0.4) is 0 Å². The first-order chi connectivity index (χ1) is 18.6. The fourth-order valence-electron chi connectivity index (χ4n) is 5.66. The SMILES string of the molecule is COc1ccc2ncnc(Nc3ccc(Oc4cc5ncnn5cn4)c(C)c3)c2c1N1CCC2C1CN2C. The molecule has 2 aliphatic heterocycles. The maximum atomic E-state index is 6.04. The lowest BCUT2D eigenvalue weighted by atomic mass is 9.98. The molecule has 2 fully saturated rings. The van der Waals surface area contributed by atoms with Crippen LogP contribution in [0.5, 0.6) is 17.4 Å². The standard InChI is InChI=1S/C27H27N9O2/c1-16-10-17(4-6-21(16)38-24-11-23-29-14-32-36(23)15-31-24)33-27-25-18(28-13-30-27)5-7-22(37-3)26(25)35-9-8-19-20(35)12-34(19)2/h4-7,10-11,13-15,19-20H,8-9,12H2,1-3H3,(H,28,30,33). The van der Waals surface area contributed by atoms with E-state index in [4.69, 9.17) is 9.47 Å². The van der Waals surface area contributed by atoms with E-state index in [0.29, 0.717) is 29.4 Å². The van der Waals surface area contributed by atoms with E-state index in [1.807, 2.05) is 37.3 Å². The highest BCUT2D eigenvalue weighted by molar-refractivity contribution is 6.03. The molecule has 11 nitrogen and oxygen atoms in total. The van der Waals surface area contributed by atoms with Gasteiger partial charge in [-0.15, -0.1) is 0 Å². The summed E-state index contributed by atoms with van der Waals surface area (Å²) in [4.78, 5) is 22.6. The van der Waals surface area contributed by atoms with Gasteiger partial charge in [0, 0.05) is 30.9 Å². The summed E-state index contributed by atoms with van der Waals surface area (Å²) >= 11 is 0. The molecule has 2 aliphatic rings. The third-order valence-electron chi connectivity index (χ3n) is 7.60. The van der Waals surface area contributed by atoms with Gasteiger partial charge in [-0.25, -0.2) is 24.5 Å². The Morgan fingerprint density at radius 3 is 2.68 bits per heavy atom. The van der Waals surface area contributed by atoms with Crippen molar-refractivity contribution in [2.45, 2.75) is 25.4 Å². The monoisotopic (exact) mass is 509 g/mol. The van der Waals surface area contributed by atoms with E-state index in [9.17, 15) is 0 Å². The summed E-state index contributed by atoms with van der Waals surface area (Å²) in [5.41, 5.74) is 4.45. The number of anilines is 3. The van der Waals surface area contributed by atoms with Gasteiger partial charge in [0.05, 0.1) is 29.7 Å². The van der Waals surface area contributed by atoms with E-state index in [2.05, 4.69) is 47.2 Å². The smallest absolute Gasteiger partial charge is 0.224 e. The number of aryl methyl sites for hydroxylation is 1. The van der Waals surface area contributed by atoms with Crippen LogP contribution in [0.15, 0.2) is 55.4 Å². The summed E-state index contributed by atoms with van der Waals surface area (Å²) < 4.78 is 13.5. The largest absolute Gasteiger partial charge is 0.495 e. The van der Waals surface area contributed by atoms with Gasteiger partial charge < -0.3 is 19.7 Å². The van der Waals surface area contributed by atoms with Crippen molar-refractivity contribution in [1.82, 2.24) is 34.4 Å². The zero-order chi connectivity index (χ0) is 25.8. The highest BCUT2D eigenvalue weighted by Crippen LogP contribution is 2.45.